The smallest absolute Gasteiger partial charge is 0.133 e. The number of hydrogen-bond donors (Lipinski definition) is 0. The summed E-state index contributed by atoms with van der Waals surface area (Å²) in [6.07, 6.45) is 8.96. The Kier molecular flexibility index (Phi) is 4.06. The highest BCUT2D eigenvalue weighted by Gasteiger charge is 2.36. The van der Waals surface area contributed by atoms with Crippen molar-refractivity contribution < 1.29 is 0 Å². The Morgan fingerprint density at radius 3 is 2.95 bits per heavy atom. The van der Waals surface area contributed by atoms with Gasteiger partial charge in [0.2, 0.25) is 0 Å². The molecule has 2 aliphatic rings. The van der Waals surface area contributed by atoms with Crippen LogP contribution in [-0.4, -0.2) is 22.6 Å². The first-order valence-corrected chi connectivity index (χ1v) is 8.37. The van der Waals surface area contributed by atoms with Gasteiger partial charge in [0.1, 0.15) is 16.2 Å². The number of rotatable bonds is 3. The van der Waals surface area contributed by atoms with Gasteiger partial charge in [-0.3, -0.25) is 0 Å². The van der Waals surface area contributed by atoms with Crippen molar-refractivity contribution >= 4 is 21.7 Å². The fraction of sp³-hybridized carbons (Fsp3) is 0.733. The molecule has 3 rings (SSSR count). The van der Waals surface area contributed by atoms with Crippen molar-refractivity contribution in [2.75, 3.05) is 11.4 Å². The lowest BCUT2D eigenvalue weighted by Crippen LogP contribution is -2.35. The van der Waals surface area contributed by atoms with Crippen LogP contribution in [0.1, 0.15) is 51.3 Å². The van der Waals surface area contributed by atoms with E-state index in [0.29, 0.717) is 0 Å². The molecular weight excluding hydrogens is 302 g/mol. The molecule has 1 saturated heterocycles. The SMILES string of the molecule is CCCc1nc(Br)cc(N2CCC3CCCCC32)n1. The third-order valence-corrected chi connectivity index (χ3v) is 4.91. The molecule has 0 radical (unpaired) electrons. The van der Waals surface area contributed by atoms with Gasteiger partial charge >= 0.3 is 0 Å². The number of aryl methyl sites for hydroxylation is 1. The van der Waals surface area contributed by atoms with Crippen molar-refractivity contribution in [2.24, 2.45) is 5.92 Å². The van der Waals surface area contributed by atoms with E-state index < -0.39 is 0 Å². The first kappa shape index (κ1) is 13.3. The first-order chi connectivity index (χ1) is 9.28. The number of nitrogens with zero attached hydrogens (tertiary/aromatic N) is 3. The number of fused-ring (bicyclic) bond motifs is 1. The van der Waals surface area contributed by atoms with Gasteiger partial charge in [-0.1, -0.05) is 19.8 Å². The molecule has 2 atom stereocenters. The zero-order valence-electron chi connectivity index (χ0n) is 11.6. The highest BCUT2D eigenvalue weighted by molar-refractivity contribution is 9.10. The zero-order valence-corrected chi connectivity index (χ0v) is 13.2. The molecule has 2 unspecified atom stereocenters. The molecule has 0 bridgehead atoms. The summed E-state index contributed by atoms with van der Waals surface area (Å²) in [5.41, 5.74) is 0. The van der Waals surface area contributed by atoms with Gasteiger partial charge in [0.15, 0.2) is 0 Å². The molecule has 3 nitrogen and oxygen atoms in total. The van der Waals surface area contributed by atoms with Gasteiger partial charge in [0.25, 0.3) is 0 Å². The van der Waals surface area contributed by atoms with Gasteiger partial charge in [-0.05, 0) is 47.5 Å². The Hall–Kier alpha value is -0.640. The zero-order chi connectivity index (χ0) is 13.2. The maximum atomic E-state index is 4.78. The molecule has 1 saturated carbocycles. The minimum Gasteiger partial charge on any atom is -0.353 e. The van der Waals surface area contributed by atoms with Crippen molar-refractivity contribution in [3.63, 3.8) is 0 Å². The lowest BCUT2D eigenvalue weighted by Gasteiger charge is -2.32. The van der Waals surface area contributed by atoms with E-state index in [-0.39, 0.29) is 0 Å². The molecule has 1 aliphatic heterocycles. The first-order valence-electron chi connectivity index (χ1n) is 7.58. The summed E-state index contributed by atoms with van der Waals surface area (Å²) in [5.74, 6) is 3.02. The van der Waals surface area contributed by atoms with Crippen molar-refractivity contribution in [3.8, 4) is 0 Å². The van der Waals surface area contributed by atoms with Gasteiger partial charge in [-0.2, -0.15) is 0 Å². The molecule has 0 aromatic carbocycles. The topological polar surface area (TPSA) is 29.0 Å². The van der Waals surface area contributed by atoms with Gasteiger partial charge < -0.3 is 4.90 Å². The molecule has 0 spiro atoms. The lowest BCUT2D eigenvalue weighted by molar-refractivity contribution is 0.341. The van der Waals surface area contributed by atoms with E-state index in [1.807, 2.05) is 0 Å². The predicted octanol–water partition coefficient (Wildman–Crippen LogP) is 3.96. The highest BCUT2D eigenvalue weighted by atomic mass is 79.9. The Morgan fingerprint density at radius 1 is 1.26 bits per heavy atom. The van der Waals surface area contributed by atoms with Gasteiger partial charge in [-0.15, -0.1) is 0 Å². The minimum atomic E-state index is 0.727. The molecule has 1 aromatic heterocycles. The van der Waals surface area contributed by atoms with Crippen LogP contribution in [0.4, 0.5) is 5.82 Å². The summed E-state index contributed by atoms with van der Waals surface area (Å²) in [5, 5.41) is 0. The summed E-state index contributed by atoms with van der Waals surface area (Å²) in [6, 6.07) is 2.82. The predicted molar refractivity (Wildman–Crippen MR) is 81.4 cm³/mol. The largest absolute Gasteiger partial charge is 0.353 e. The molecular formula is C15H22BrN3. The summed E-state index contributed by atoms with van der Waals surface area (Å²) in [6.45, 7) is 3.35. The third-order valence-electron chi connectivity index (χ3n) is 4.51. The molecule has 0 N–H and O–H groups in total. The molecule has 2 fully saturated rings. The van der Waals surface area contributed by atoms with Crippen molar-refractivity contribution in [3.05, 3.63) is 16.5 Å². The second-order valence-electron chi connectivity index (χ2n) is 5.81. The van der Waals surface area contributed by atoms with Crippen molar-refractivity contribution in [1.82, 2.24) is 9.97 Å². The van der Waals surface area contributed by atoms with Crippen molar-refractivity contribution in [2.45, 2.75) is 57.9 Å². The quantitative estimate of drug-likeness (QED) is 0.788. The van der Waals surface area contributed by atoms with Gasteiger partial charge in [0.05, 0.1) is 0 Å². The van der Waals surface area contributed by atoms with Gasteiger partial charge in [-0.25, -0.2) is 9.97 Å². The normalized spacial score (nSPS) is 26.5. The average molecular weight is 324 g/mol. The average Bonchev–Trinajstić information content (AvgIpc) is 2.82. The lowest BCUT2D eigenvalue weighted by atomic mass is 9.85. The standard InChI is InChI=1S/C15H22BrN3/c1-2-5-14-17-13(16)10-15(18-14)19-9-8-11-6-3-4-7-12(11)19/h10-12H,2-9H2,1H3. The fourth-order valence-corrected chi connectivity index (χ4v) is 4.03. The maximum Gasteiger partial charge on any atom is 0.133 e. The Labute approximate surface area is 124 Å². The van der Waals surface area contributed by atoms with E-state index in [1.165, 1.54) is 38.6 Å². The monoisotopic (exact) mass is 323 g/mol. The number of halogens is 1. The van der Waals surface area contributed by atoms with E-state index in [9.17, 15) is 0 Å². The fourth-order valence-electron chi connectivity index (χ4n) is 3.62. The number of anilines is 1. The second kappa shape index (κ2) is 5.78. The molecule has 1 aliphatic carbocycles. The van der Waals surface area contributed by atoms with Crippen LogP contribution in [0.15, 0.2) is 10.7 Å². The van der Waals surface area contributed by atoms with Crippen LogP contribution < -0.4 is 4.90 Å². The molecule has 0 amide bonds. The Balaban J connectivity index is 1.85. The van der Waals surface area contributed by atoms with E-state index >= 15 is 0 Å². The van der Waals surface area contributed by atoms with Gasteiger partial charge in [0, 0.05) is 25.1 Å². The van der Waals surface area contributed by atoms with E-state index in [2.05, 4.69) is 38.8 Å². The molecule has 1 aromatic rings. The molecule has 2 heterocycles. The Morgan fingerprint density at radius 2 is 2.11 bits per heavy atom. The van der Waals surface area contributed by atoms with Crippen LogP contribution in [0.5, 0.6) is 0 Å². The van der Waals surface area contributed by atoms with Crippen LogP contribution in [0, 0.1) is 5.92 Å². The van der Waals surface area contributed by atoms with Crippen LogP contribution in [0.2, 0.25) is 0 Å². The van der Waals surface area contributed by atoms with E-state index in [4.69, 9.17) is 4.98 Å². The second-order valence-corrected chi connectivity index (χ2v) is 6.62. The number of hydrogen-bond acceptors (Lipinski definition) is 3. The summed E-state index contributed by atoms with van der Waals surface area (Å²) in [7, 11) is 0. The van der Waals surface area contributed by atoms with Crippen molar-refractivity contribution in [1.29, 1.82) is 0 Å². The maximum absolute atomic E-state index is 4.78. The third kappa shape index (κ3) is 2.78. The summed E-state index contributed by atoms with van der Waals surface area (Å²) < 4.78 is 0.931. The highest BCUT2D eigenvalue weighted by Crippen LogP contribution is 2.38. The molecule has 104 valence electrons. The van der Waals surface area contributed by atoms with E-state index in [1.54, 1.807) is 0 Å². The van der Waals surface area contributed by atoms with E-state index in [0.717, 1.165) is 41.0 Å². The summed E-state index contributed by atoms with van der Waals surface area (Å²) in [4.78, 5) is 11.8. The minimum absolute atomic E-state index is 0.727. The van der Waals surface area contributed by atoms with Crippen LogP contribution in [0.25, 0.3) is 0 Å². The molecule has 4 heteroatoms. The molecule has 19 heavy (non-hydrogen) atoms. The summed E-state index contributed by atoms with van der Waals surface area (Å²) >= 11 is 3.54. The van der Waals surface area contributed by atoms with Crippen LogP contribution in [0.3, 0.4) is 0 Å². The Bertz CT molecular complexity index is 449. The van der Waals surface area contributed by atoms with Crippen LogP contribution >= 0.6 is 15.9 Å². The van der Waals surface area contributed by atoms with Crippen LogP contribution in [-0.2, 0) is 6.42 Å². The number of aromatic nitrogens is 2.